The number of likely N-dealkylation sites (tertiary alicyclic amines) is 1. The summed E-state index contributed by atoms with van der Waals surface area (Å²) >= 11 is 0. The Morgan fingerprint density at radius 3 is 2.78 bits per heavy atom. The molecule has 1 aliphatic heterocycles. The molecule has 6 heteroatoms. The maximum absolute atomic E-state index is 12.7. The number of carbonyl (C=O) groups excluding carboxylic acids is 2. The first-order valence-electron chi connectivity index (χ1n) is 9.47. The Morgan fingerprint density at radius 2 is 2.00 bits per heavy atom. The molecule has 2 aromatic rings. The number of benzene rings is 1. The molecule has 1 N–H and O–H groups in total. The molecule has 27 heavy (non-hydrogen) atoms. The minimum Gasteiger partial charge on any atom is -0.444 e. The lowest BCUT2D eigenvalue weighted by Gasteiger charge is -2.30. The minimum atomic E-state index is -0.521. The summed E-state index contributed by atoms with van der Waals surface area (Å²) in [6, 6.07) is 9.62. The van der Waals surface area contributed by atoms with Crippen LogP contribution in [0.3, 0.4) is 0 Å². The quantitative estimate of drug-likeness (QED) is 0.903. The van der Waals surface area contributed by atoms with Gasteiger partial charge >= 0.3 is 6.09 Å². The molecule has 142 valence electrons. The average molecular weight is 367 g/mol. The maximum Gasteiger partial charge on any atom is 0.410 e. The molecule has 1 aromatic carbocycles. The highest BCUT2D eigenvalue weighted by Crippen LogP contribution is 2.48. The Labute approximate surface area is 158 Å². The van der Waals surface area contributed by atoms with Gasteiger partial charge in [-0.05, 0) is 51.7 Å². The zero-order valence-electron chi connectivity index (χ0n) is 15.9. The van der Waals surface area contributed by atoms with Gasteiger partial charge in [-0.15, -0.1) is 0 Å². The van der Waals surface area contributed by atoms with Gasteiger partial charge in [0.25, 0.3) is 5.91 Å². The van der Waals surface area contributed by atoms with Crippen molar-refractivity contribution in [1.29, 1.82) is 0 Å². The van der Waals surface area contributed by atoms with E-state index in [2.05, 4.69) is 10.3 Å². The number of aromatic nitrogens is 1. The van der Waals surface area contributed by atoms with Gasteiger partial charge in [0.2, 0.25) is 0 Å². The van der Waals surface area contributed by atoms with Gasteiger partial charge in [0.15, 0.2) is 0 Å². The highest BCUT2D eigenvalue weighted by atomic mass is 16.6. The van der Waals surface area contributed by atoms with Gasteiger partial charge in [-0.1, -0.05) is 18.2 Å². The SMILES string of the molecule is CC(C)(C)OC(=O)N1[C@H](CNC(=O)c2cccc3cccnc23)C[C@@H]2C[C@@H]21. The van der Waals surface area contributed by atoms with Crippen molar-refractivity contribution >= 4 is 22.9 Å². The molecule has 6 nitrogen and oxygen atoms in total. The molecule has 2 aliphatic rings. The molecular formula is C21H25N3O3. The van der Waals surface area contributed by atoms with Gasteiger partial charge in [0.05, 0.1) is 17.1 Å². The second kappa shape index (κ2) is 6.51. The summed E-state index contributed by atoms with van der Waals surface area (Å²) in [6.07, 6.45) is 3.36. The fourth-order valence-electron chi connectivity index (χ4n) is 3.93. The number of nitrogens with zero attached hydrogens (tertiary/aromatic N) is 2. The zero-order valence-corrected chi connectivity index (χ0v) is 15.9. The number of rotatable bonds is 3. The van der Waals surface area contributed by atoms with Crippen LogP contribution in [0.25, 0.3) is 10.9 Å². The first-order valence-corrected chi connectivity index (χ1v) is 9.47. The van der Waals surface area contributed by atoms with Crippen LogP contribution in [0.2, 0.25) is 0 Å². The number of hydrogen-bond donors (Lipinski definition) is 1. The number of pyridine rings is 1. The Kier molecular flexibility index (Phi) is 4.29. The van der Waals surface area contributed by atoms with Crippen LogP contribution in [0.15, 0.2) is 36.5 Å². The zero-order chi connectivity index (χ0) is 19.2. The van der Waals surface area contributed by atoms with E-state index in [0.717, 1.165) is 18.2 Å². The average Bonchev–Trinajstić information content (AvgIpc) is 3.27. The predicted molar refractivity (Wildman–Crippen MR) is 102 cm³/mol. The van der Waals surface area contributed by atoms with Crippen LogP contribution in [-0.4, -0.2) is 46.1 Å². The smallest absolute Gasteiger partial charge is 0.410 e. The van der Waals surface area contributed by atoms with E-state index in [4.69, 9.17) is 4.74 Å². The maximum atomic E-state index is 12.7. The van der Waals surface area contributed by atoms with Gasteiger partial charge in [-0.2, -0.15) is 0 Å². The predicted octanol–water partition coefficient (Wildman–Crippen LogP) is 3.36. The first-order chi connectivity index (χ1) is 12.8. The summed E-state index contributed by atoms with van der Waals surface area (Å²) in [4.78, 5) is 31.5. The molecule has 0 spiro atoms. The summed E-state index contributed by atoms with van der Waals surface area (Å²) in [5.41, 5.74) is 0.725. The lowest BCUT2D eigenvalue weighted by Crippen LogP contribution is -2.47. The van der Waals surface area contributed by atoms with Crippen molar-refractivity contribution in [3.8, 4) is 0 Å². The molecule has 2 amide bonds. The van der Waals surface area contributed by atoms with Crippen molar-refractivity contribution in [3.05, 3.63) is 42.1 Å². The Hall–Kier alpha value is -2.63. The van der Waals surface area contributed by atoms with Crippen molar-refractivity contribution in [1.82, 2.24) is 15.2 Å². The number of piperidine rings is 1. The minimum absolute atomic E-state index is 0.0181. The van der Waals surface area contributed by atoms with Gasteiger partial charge in [-0.25, -0.2) is 4.79 Å². The molecule has 2 heterocycles. The van der Waals surface area contributed by atoms with Crippen LogP contribution in [0.1, 0.15) is 44.0 Å². The monoisotopic (exact) mass is 367 g/mol. The molecule has 1 saturated carbocycles. The van der Waals surface area contributed by atoms with Gasteiger partial charge in [-0.3, -0.25) is 9.78 Å². The van der Waals surface area contributed by atoms with Crippen molar-refractivity contribution in [2.45, 2.75) is 51.3 Å². The second-order valence-corrected chi connectivity index (χ2v) is 8.43. The fraction of sp³-hybridized carbons (Fsp3) is 0.476. The van der Waals surface area contributed by atoms with Gasteiger partial charge < -0.3 is 15.0 Å². The molecule has 0 radical (unpaired) electrons. The van der Waals surface area contributed by atoms with Crippen LogP contribution < -0.4 is 5.32 Å². The molecule has 1 aromatic heterocycles. The number of fused-ring (bicyclic) bond motifs is 2. The van der Waals surface area contributed by atoms with Crippen LogP contribution in [0, 0.1) is 5.92 Å². The van der Waals surface area contributed by atoms with Crippen molar-refractivity contribution in [2.75, 3.05) is 6.54 Å². The van der Waals surface area contributed by atoms with Gasteiger partial charge in [0.1, 0.15) is 5.60 Å². The molecular weight excluding hydrogens is 342 g/mol. The third-order valence-electron chi connectivity index (χ3n) is 5.19. The van der Waals surface area contributed by atoms with Crippen molar-refractivity contribution < 1.29 is 14.3 Å². The van der Waals surface area contributed by atoms with E-state index in [9.17, 15) is 9.59 Å². The Balaban J connectivity index is 1.44. The topological polar surface area (TPSA) is 71.5 Å². The Bertz CT molecular complexity index is 884. The van der Waals surface area contributed by atoms with E-state index in [1.165, 1.54) is 0 Å². The van der Waals surface area contributed by atoms with Crippen LogP contribution in [0.5, 0.6) is 0 Å². The second-order valence-electron chi connectivity index (χ2n) is 8.43. The normalized spacial score (nSPS) is 23.8. The lowest BCUT2D eigenvalue weighted by atomic mass is 10.1. The number of ether oxygens (including phenoxy) is 1. The standard InChI is InChI=1S/C21H25N3O3/c1-21(2,3)27-20(26)24-15(10-14-11-17(14)24)12-23-19(25)16-8-4-6-13-7-5-9-22-18(13)16/h4-9,14-15,17H,10-12H2,1-3H3,(H,23,25)/t14-,15+,17+/m1/s1. The summed E-state index contributed by atoms with van der Waals surface area (Å²) in [6.45, 7) is 6.04. The number of para-hydroxylation sites is 1. The van der Waals surface area contributed by atoms with E-state index in [1.807, 2.05) is 49.9 Å². The number of hydrogen-bond acceptors (Lipinski definition) is 4. The van der Waals surface area contributed by atoms with E-state index < -0.39 is 5.60 Å². The van der Waals surface area contributed by atoms with Crippen LogP contribution in [-0.2, 0) is 4.74 Å². The third kappa shape index (κ3) is 3.61. The van der Waals surface area contributed by atoms with Gasteiger partial charge in [0, 0.05) is 24.2 Å². The summed E-state index contributed by atoms with van der Waals surface area (Å²) in [5, 5.41) is 3.93. The molecule has 3 atom stereocenters. The highest BCUT2D eigenvalue weighted by molar-refractivity contribution is 6.05. The van der Waals surface area contributed by atoms with E-state index in [1.54, 1.807) is 12.3 Å². The van der Waals surface area contributed by atoms with Crippen molar-refractivity contribution in [3.63, 3.8) is 0 Å². The molecule has 0 bridgehead atoms. The summed E-state index contributed by atoms with van der Waals surface area (Å²) in [5.74, 6) is 0.377. The molecule has 1 saturated heterocycles. The third-order valence-corrected chi connectivity index (χ3v) is 5.19. The molecule has 0 unspecified atom stereocenters. The summed E-state index contributed by atoms with van der Waals surface area (Å²) in [7, 11) is 0. The summed E-state index contributed by atoms with van der Waals surface area (Å²) < 4.78 is 5.56. The van der Waals surface area contributed by atoms with E-state index in [-0.39, 0.29) is 24.1 Å². The number of nitrogens with one attached hydrogen (secondary N) is 1. The molecule has 2 fully saturated rings. The van der Waals surface area contributed by atoms with Crippen molar-refractivity contribution in [2.24, 2.45) is 5.92 Å². The Morgan fingerprint density at radius 1 is 1.22 bits per heavy atom. The highest BCUT2D eigenvalue weighted by Gasteiger charge is 2.54. The first kappa shape index (κ1) is 17.8. The number of carbonyl (C=O) groups is 2. The fourth-order valence-corrected chi connectivity index (χ4v) is 3.93. The van der Waals surface area contributed by atoms with Crippen LogP contribution >= 0.6 is 0 Å². The van der Waals surface area contributed by atoms with Crippen LogP contribution in [0.4, 0.5) is 4.79 Å². The largest absolute Gasteiger partial charge is 0.444 e. The lowest BCUT2D eigenvalue weighted by molar-refractivity contribution is 0.0183. The molecule has 4 rings (SSSR count). The number of amides is 2. The van der Waals surface area contributed by atoms with E-state index >= 15 is 0 Å². The molecule has 1 aliphatic carbocycles. The van der Waals surface area contributed by atoms with E-state index in [0.29, 0.717) is 23.5 Å².